The van der Waals surface area contributed by atoms with Crippen LogP contribution >= 0.6 is 11.3 Å². The van der Waals surface area contributed by atoms with Gasteiger partial charge in [0.25, 0.3) is 11.8 Å². The highest BCUT2D eigenvalue weighted by Crippen LogP contribution is 2.37. The summed E-state index contributed by atoms with van der Waals surface area (Å²) in [7, 11) is 0. The van der Waals surface area contributed by atoms with Crippen LogP contribution in [-0.2, 0) is 9.53 Å². The van der Waals surface area contributed by atoms with E-state index in [0.717, 1.165) is 0 Å². The van der Waals surface area contributed by atoms with Gasteiger partial charge in [-0.25, -0.2) is 4.79 Å². The number of ketones is 1. The average Bonchev–Trinajstić information content (AvgIpc) is 3.49. The summed E-state index contributed by atoms with van der Waals surface area (Å²) in [4.78, 5) is 49.1. The zero-order chi connectivity index (χ0) is 23.4. The first-order chi connectivity index (χ1) is 15.9. The number of esters is 1. The van der Waals surface area contributed by atoms with Gasteiger partial charge in [0.2, 0.25) is 6.79 Å². The van der Waals surface area contributed by atoms with Gasteiger partial charge in [0.15, 0.2) is 23.9 Å². The fourth-order valence-corrected chi connectivity index (χ4v) is 3.65. The fraction of sp³-hybridized carbons (Fsp3) is 0.130. The van der Waals surface area contributed by atoms with Crippen molar-refractivity contribution in [3.8, 4) is 11.5 Å². The second kappa shape index (κ2) is 9.53. The van der Waals surface area contributed by atoms with E-state index in [-0.39, 0.29) is 35.3 Å². The molecule has 2 amide bonds. The number of amides is 2. The van der Waals surface area contributed by atoms with E-state index in [1.165, 1.54) is 42.5 Å². The quantitative estimate of drug-likeness (QED) is 0.402. The Labute approximate surface area is 192 Å². The smallest absolute Gasteiger partial charge is 0.338 e. The molecular weight excluding hydrogens is 448 g/mol. The first-order valence-corrected chi connectivity index (χ1v) is 10.6. The van der Waals surface area contributed by atoms with Crippen molar-refractivity contribution in [1.82, 2.24) is 0 Å². The van der Waals surface area contributed by atoms with Crippen LogP contribution in [0.1, 0.15) is 37.3 Å². The molecule has 1 aliphatic heterocycles. The maximum Gasteiger partial charge on any atom is 0.338 e. The number of thiophene rings is 1. The molecule has 0 atom stereocenters. The van der Waals surface area contributed by atoms with Crippen molar-refractivity contribution >= 4 is 46.3 Å². The van der Waals surface area contributed by atoms with Crippen molar-refractivity contribution in [3.63, 3.8) is 0 Å². The van der Waals surface area contributed by atoms with Crippen LogP contribution in [0.4, 0.5) is 11.4 Å². The Bertz CT molecular complexity index is 1220. The van der Waals surface area contributed by atoms with Gasteiger partial charge in [-0.2, -0.15) is 0 Å². The molecule has 0 fully saturated rings. The first-order valence-electron chi connectivity index (χ1n) is 9.77. The molecular formula is C23H18N2O7S. The number of carbonyl (C=O) groups excluding carboxylic acids is 4. The average molecular weight is 466 g/mol. The molecule has 3 aromatic rings. The highest BCUT2D eigenvalue weighted by atomic mass is 32.1. The van der Waals surface area contributed by atoms with Crippen molar-refractivity contribution < 1.29 is 33.4 Å². The van der Waals surface area contributed by atoms with Gasteiger partial charge in [-0.05, 0) is 48.7 Å². The molecule has 33 heavy (non-hydrogen) atoms. The third kappa shape index (κ3) is 5.18. The lowest BCUT2D eigenvalue weighted by Crippen LogP contribution is -2.22. The number of nitrogens with one attached hydrogen (secondary N) is 2. The monoisotopic (exact) mass is 466 g/mol. The number of hydrogen-bond acceptors (Lipinski definition) is 8. The number of hydrogen-bond donors (Lipinski definition) is 2. The summed E-state index contributed by atoms with van der Waals surface area (Å²) in [5.41, 5.74) is 1.21. The first kappa shape index (κ1) is 22.0. The number of benzene rings is 2. The minimum Gasteiger partial charge on any atom is -0.454 e. The molecule has 1 aliphatic rings. The van der Waals surface area contributed by atoms with E-state index in [4.69, 9.17) is 14.2 Å². The number of ether oxygens (including phenoxy) is 3. The number of fused-ring (bicyclic) bond motifs is 1. The predicted octanol–water partition coefficient (Wildman–Crippen LogP) is 3.73. The third-order valence-electron chi connectivity index (χ3n) is 4.62. The Morgan fingerprint density at radius 1 is 1.00 bits per heavy atom. The van der Waals surface area contributed by atoms with Gasteiger partial charge in [-0.15, -0.1) is 11.3 Å². The van der Waals surface area contributed by atoms with Crippen molar-refractivity contribution in [3.05, 3.63) is 69.9 Å². The molecule has 0 saturated carbocycles. The number of rotatable bonds is 7. The van der Waals surface area contributed by atoms with Crippen LogP contribution < -0.4 is 20.1 Å². The summed E-state index contributed by atoms with van der Waals surface area (Å²) in [6.07, 6.45) is 0. The summed E-state index contributed by atoms with van der Waals surface area (Å²) >= 11 is 1.32. The number of carbonyl (C=O) groups is 4. The molecule has 0 spiro atoms. The molecule has 0 unspecified atom stereocenters. The molecule has 4 rings (SSSR count). The minimum absolute atomic E-state index is 0.0260. The van der Waals surface area contributed by atoms with Gasteiger partial charge in [0.05, 0.1) is 16.1 Å². The zero-order valence-corrected chi connectivity index (χ0v) is 18.2. The van der Waals surface area contributed by atoms with Crippen molar-refractivity contribution in [2.24, 2.45) is 0 Å². The highest BCUT2D eigenvalue weighted by molar-refractivity contribution is 7.12. The lowest BCUT2D eigenvalue weighted by atomic mass is 10.1. The summed E-state index contributed by atoms with van der Waals surface area (Å²) < 4.78 is 15.6. The van der Waals surface area contributed by atoms with Crippen LogP contribution in [0.3, 0.4) is 0 Å². The number of Topliss-reactive ketones (excluding diaryl/α,β-unsaturated/α-hetero) is 1. The van der Waals surface area contributed by atoms with Gasteiger partial charge in [-0.3, -0.25) is 14.4 Å². The van der Waals surface area contributed by atoms with Gasteiger partial charge in [-0.1, -0.05) is 6.07 Å². The van der Waals surface area contributed by atoms with Gasteiger partial charge < -0.3 is 24.8 Å². The van der Waals surface area contributed by atoms with E-state index in [2.05, 4.69) is 10.6 Å². The van der Waals surface area contributed by atoms with Crippen LogP contribution in [0.2, 0.25) is 0 Å². The van der Waals surface area contributed by atoms with Crippen molar-refractivity contribution in [1.29, 1.82) is 0 Å². The lowest BCUT2D eigenvalue weighted by Gasteiger charge is -2.11. The second-order valence-corrected chi connectivity index (χ2v) is 7.89. The normalized spacial score (nSPS) is 11.5. The molecule has 2 aromatic carbocycles. The van der Waals surface area contributed by atoms with E-state index in [0.29, 0.717) is 22.1 Å². The molecule has 0 saturated heterocycles. The Kier molecular flexibility index (Phi) is 6.36. The number of anilines is 2. The minimum atomic E-state index is -0.709. The lowest BCUT2D eigenvalue weighted by molar-refractivity contribution is -0.119. The molecule has 2 heterocycles. The summed E-state index contributed by atoms with van der Waals surface area (Å²) in [6, 6.07) is 12.6. The van der Waals surface area contributed by atoms with Crippen LogP contribution in [0.25, 0.3) is 0 Å². The molecule has 0 aliphatic carbocycles. The standard InChI is InChI=1S/C23H18N2O7S/c1-13(26)16-9-18-19(32-12-31-18)10-17(16)25-21(27)11-30-23(29)14-4-6-15(7-5-14)24-22(28)20-3-2-8-33-20/h2-10H,11-12H2,1H3,(H,24,28)(H,25,27). The summed E-state index contributed by atoms with van der Waals surface area (Å²) in [5.74, 6) is -1.03. The molecule has 1 aromatic heterocycles. The van der Waals surface area contributed by atoms with Crippen LogP contribution in [-0.4, -0.2) is 37.0 Å². The van der Waals surface area contributed by atoms with E-state index >= 15 is 0 Å². The Morgan fingerprint density at radius 3 is 2.39 bits per heavy atom. The molecule has 0 bridgehead atoms. The van der Waals surface area contributed by atoms with Crippen LogP contribution in [0.5, 0.6) is 11.5 Å². The topological polar surface area (TPSA) is 120 Å². The maximum absolute atomic E-state index is 12.3. The van der Waals surface area contributed by atoms with Gasteiger partial charge >= 0.3 is 5.97 Å². The zero-order valence-electron chi connectivity index (χ0n) is 17.4. The predicted molar refractivity (Wildman–Crippen MR) is 120 cm³/mol. The summed E-state index contributed by atoms with van der Waals surface area (Å²) in [6.45, 7) is 0.833. The fourth-order valence-electron chi connectivity index (χ4n) is 3.03. The van der Waals surface area contributed by atoms with E-state index in [9.17, 15) is 19.2 Å². The van der Waals surface area contributed by atoms with Crippen molar-refractivity contribution in [2.45, 2.75) is 6.92 Å². The Hall–Kier alpha value is -4.18. The Balaban J connectivity index is 1.33. The van der Waals surface area contributed by atoms with Crippen molar-refractivity contribution in [2.75, 3.05) is 24.0 Å². The maximum atomic E-state index is 12.3. The highest BCUT2D eigenvalue weighted by Gasteiger charge is 2.21. The van der Waals surface area contributed by atoms with Gasteiger partial charge in [0.1, 0.15) is 0 Å². The third-order valence-corrected chi connectivity index (χ3v) is 5.49. The van der Waals surface area contributed by atoms with E-state index < -0.39 is 18.5 Å². The molecule has 2 N–H and O–H groups in total. The molecule has 0 radical (unpaired) electrons. The second-order valence-electron chi connectivity index (χ2n) is 6.94. The summed E-state index contributed by atoms with van der Waals surface area (Å²) in [5, 5.41) is 7.09. The molecule has 168 valence electrons. The van der Waals surface area contributed by atoms with E-state index in [1.54, 1.807) is 29.6 Å². The van der Waals surface area contributed by atoms with Crippen LogP contribution in [0, 0.1) is 0 Å². The molecule has 9 nitrogen and oxygen atoms in total. The largest absolute Gasteiger partial charge is 0.454 e. The SMILES string of the molecule is CC(=O)c1cc2c(cc1NC(=O)COC(=O)c1ccc(NC(=O)c3cccs3)cc1)OCO2. The van der Waals surface area contributed by atoms with Gasteiger partial charge in [0, 0.05) is 17.3 Å². The van der Waals surface area contributed by atoms with E-state index in [1.807, 2.05) is 0 Å². The van der Waals surface area contributed by atoms with Crippen LogP contribution in [0.15, 0.2) is 53.9 Å². The molecule has 10 heteroatoms. The Morgan fingerprint density at radius 2 is 1.73 bits per heavy atom.